The van der Waals surface area contributed by atoms with E-state index < -0.39 is 0 Å². The number of nitrogens with one attached hydrogen (secondary N) is 2. The molecule has 0 spiro atoms. The third kappa shape index (κ3) is 3.92. The Morgan fingerprint density at radius 2 is 1.81 bits per heavy atom. The van der Waals surface area contributed by atoms with Crippen molar-refractivity contribution in [1.82, 2.24) is 24.9 Å². The summed E-state index contributed by atoms with van der Waals surface area (Å²) >= 11 is 5.83. The second kappa shape index (κ2) is 7.40. The maximum Gasteiger partial charge on any atom is 0.271 e. The van der Waals surface area contributed by atoms with Gasteiger partial charge >= 0.3 is 0 Å². The minimum atomic E-state index is -0.351. The van der Waals surface area contributed by atoms with Crippen molar-refractivity contribution in [3.8, 4) is 0 Å². The summed E-state index contributed by atoms with van der Waals surface area (Å²) in [5.41, 5.74) is 1.89. The largest absolute Gasteiger partial charge is 0.346 e. The molecule has 2 aromatic heterocycles. The fourth-order valence-electron chi connectivity index (χ4n) is 2.42. The first-order valence-corrected chi connectivity index (χ1v) is 8.16. The van der Waals surface area contributed by atoms with Gasteiger partial charge in [-0.05, 0) is 24.3 Å². The molecule has 0 aliphatic rings. The molecule has 2 amide bonds. The molecule has 8 nitrogen and oxygen atoms in total. The van der Waals surface area contributed by atoms with Gasteiger partial charge in [0.2, 0.25) is 0 Å². The maximum atomic E-state index is 12.5. The van der Waals surface area contributed by atoms with E-state index in [1.54, 1.807) is 49.2 Å². The summed E-state index contributed by atoms with van der Waals surface area (Å²) in [7, 11) is 3.44. The van der Waals surface area contributed by atoms with Crippen LogP contribution in [0.25, 0.3) is 0 Å². The number of hydrogen-bond acceptors (Lipinski definition) is 4. The minimum Gasteiger partial charge on any atom is -0.346 e. The Bertz CT molecular complexity index is 945. The Kier molecular flexibility index (Phi) is 5.04. The molecule has 0 unspecified atom stereocenters. The number of halogens is 1. The highest BCUT2D eigenvalue weighted by atomic mass is 35.5. The lowest BCUT2D eigenvalue weighted by Gasteiger charge is -2.08. The summed E-state index contributed by atoms with van der Waals surface area (Å²) in [6.07, 6.45) is 4.92. The minimum absolute atomic E-state index is 0.260. The van der Waals surface area contributed by atoms with Crippen LogP contribution in [0.1, 0.15) is 26.4 Å². The van der Waals surface area contributed by atoms with Gasteiger partial charge in [-0.3, -0.25) is 19.0 Å². The summed E-state index contributed by atoms with van der Waals surface area (Å²) in [5.74, 6) is -0.698. The number of nitrogens with zero attached hydrogens (tertiary/aromatic N) is 4. The highest BCUT2D eigenvalue weighted by Gasteiger charge is 2.19. The van der Waals surface area contributed by atoms with Gasteiger partial charge in [0, 0.05) is 43.0 Å². The Morgan fingerprint density at radius 3 is 2.46 bits per heavy atom. The van der Waals surface area contributed by atoms with E-state index in [4.69, 9.17) is 11.6 Å². The van der Waals surface area contributed by atoms with Crippen LogP contribution in [0.2, 0.25) is 5.02 Å². The third-order valence-electron chi connectivity index (χ3n) is 3.72. The average Bonchev–Trinajstić information content (AvgIpc) is 3.19. The summed E-state index contributed by atoms with van der Waals surface area (Å²) in [4.78, 5) is 24.9. The van der Waals surface area contributed by atoms with E-state index >= 15 is 0 Å². The lowest BCUT2D eigenvalue weighted by Crippen LogP contribution is -2.26. The molecule has 134 valence electrons. The molecule has 1 aromatic carbocycles. The number of carbonyl (C=O) groups is 2. The van der Waals surface area contributed by atoms with Gasteiger partial charge in [-0.15, -0.1) is 0 Å². The Morgan fingerprint density at radius 1 is 1.08 bits per heavy atom. The molecule has 0 atom stereocenters. The molecule has 2 N–H and O–H groups in total. The number of aryl methyl sites for hydroxylation is 2. The molecule has 3 aromatic rings. The van der Waals surface area contributed by atoms with Crippen molar-refractivity contribution in [2.75, 3.05) is 5.32 Å². The molecule has 2 heterocycles. The zero-order valence-electron chi connectivity index (χ0n) is 14.2. The fourth-order valence-corrected chi connectivity index (χ4v) is 2.55. The Balaban J connectivity index is 1.72. The number of aromatic nitrogens is 4. The van der Waals surface area contributed by atoms with Crippen molar-refractivity contribution >= 4 is 29.1 Å². The van der Waals surface area contributed by atoms with Gasteiger partial charge in [0.05, 0.1) is 18.1 Å². The van der Waals surface area contributed by atoms with Gasteiger partial charge < -0.3 is 10.6 Å². The molecule has 0 saturated carbocycles. The van der Waals surface area contributed by atoms with E-state index in [1.807, 2.05) is 6.20 Å². The second-order valence-electron chi connectivity index (χ2n) is 5.70. The molecule has 0 saturated heterocycles. The van der Waals surface area contributed by atoms with Crippen LogP contribution < -0.4 is 10.6 Å². The summed E-state index contributed by atoms with van der Waals surface area (Å²) in [6, 6.07) is 6.47. The van der Waals surface area contributed by atoms with Crippen LogP contribution in [0.15, 0.2) is 42.9 Å². The maximum absolute atomic E-state index is 12.5. The standard InChI is InChI=1S/C17H17ClN6O2/c1-23-10-11(8-20-23)7-19-17(26)15-14(9-21-24(15)2)22-16(25)12-3-5-13(18)6-4-12/h3-6,8-10H,7H2,1-2H3,(H,19,26)(H,22,25). The smallest absolute Gasteiger partial charge is 0.271 e. The fraction of sp³-hybridized carbons (Fsp3) is 0.176. The van der Waals surface area contributed by atoms with E-state index in [2.05, 4.69) is 20.8 Å². The Hall–Kier alpha value is -3.13. The van der Waals surface area contributed by atoms with Crippen LogP contribution in [0.4, 0.5) is 5.69 Å². The highest BCUT2D eigenvalue weighted by molar-refractivity contribution is 6.30. The normalized spacial score (nSPS) is 10.6. The topological polar surface area (TPSA) is 93.8 Å². The van der Waals surface area contributed by atoms with Gasteiger partial charge in [0.1, 0.15) is 5.69 Å². The monoisotopic (exact) mass is 372 g/mol. The van der Waals surface area contributed by atoms with Crippen molar-refractivity contribution in [3.63, 3.8) is 0 Å². The summed E-state index contributed by atoms with van der Waals surface area (Å²) in [6.45, 7) is 0.322. The highest BCUT2D eigenvalue weighted by Crippen LogP contribution is 2.17. The van der Waals surface area contributed by atoms with Crippen LogP contribution in [-0.2, 0) is 20.6 Å². The van der Waals surface area contributed by atoms with E-state index in [9.17, 15) is 9.59 Å². The average molecular weight is 373 g/mol. The van der Waals surface area contributed by atoms with Crippen LogP contribution in [-0.4, -0.2) is 31.4 Å². The van der Waals surface area contributed by atoms with Crippen molar-refractivity contribution in [2.45, 2.75) is 6.54 Å². The van der Waals surface area contributed by atoms with E-state index in [0.29, 0.717) is 22.8 Å². The van der Waals surface area contributed by atoms with E-state index in [0.717, 1.165) is 5.56 Å². The van der Waals surface area contributed by atoms with Crippen LogP contribution in [0.5, 0.6) is 0 Å². The molecule has 26 heavy (non-hydrogen) atoms. The second-order valence-corrected chi connectivity index (χ2v) is 6.13. The number of benzene rings is 1. The van der Waals surface area contributed by atoms with E-state index in [-0.39, 0.29) is 17.5 Å². The molecule has 0 aliphatic heterocycles. The molecule has 0 aliphatic carbocycles. The van der Waals surface area contributed by atoms with E-state index in [1.165, 1.54) is 10.9 Å². The van der Waals surface area contributed by atoms with Crippen molar-refractivity contribution < 1.29 is 9.59 Å². The molecule has 3 rings (SSSR count). The van der Waals surface area contributed by atoms with Gasteiger partial charge in [-0.2, -0.15) is 10.2 Å². The van der Waals surface area contributed by atoms with Gasteiger partial charge in [0.25, 0.3) is 11.8 Å². The van der Waals surface area contributed by atoms with Crippen molar-refractivity contribution in [2.24, 2.45) is 14.1 Å². The summed E-state index contributed by atoms with van der Waals surface area (Å²) in [5, 5.41) is 14.2. The first-order valence-electron chi connectivity index (χ1n) is 7.78. The Labute approximate surface area is 154 Å². The quantitative estimate of drug-likeness (QED) is 0.716. The SMILES string of the molecule is Cn1cc(CNC(=O)c2c(NC(=O)c3ccc(Cl)cc3)cnn2C)cn1. The predicted octanol–water partition coefficient (Wildman–Crippen LogP) is 1.99. The molecular formula is C17H17ClN6O2. The first-order chi connectivity index (χ1) is 12.4. The number of carbonyl (C=O) groups excluding carboxylic acids is 2. The molecule has 0 bridgehead atoms. The zero-order chi connectivity index (χ0) is 18.7. The van der Waals surface area contributed by atoms with Crippen molar-refractivity contribution in [3.05, 3.63) is 64.7 Å². The molecular weight excluding hydrogens is 356 g/mol. The number of rotatable bonds is 5. The third-order valence-corrected chi connectivity index (χ3v) is 3.97. The van der Waals surface area contributed by atoms with Gasteiger partial charge in [-0.25, -0.2) is 0 Å². The zero-order valence-corrected chi connectivity index (χ0v) is 15.0. The van der Waals surface area contributed by atoms with Crippen LogP contribution in [0, 0.1) is 0 Å². The van der Waals surface area contributed by atoms with Gasteiger partial charge in [-0.1, -0.05) is 11.6 Å². The number of anilines is 1. The summed E-state index contributed by atoms with van der Waals surface area (Å²) < 4.78 is 3.07. The number of hydrogen-bond donors (Lipinski definition) is 2. The first kappa shape index (κ1) is 17.7. The molecule has 0 fully saturated rings. The number of amides is 2. The predicted molar refractivity (Wildman–Crippen MR) is 97.0 cm³/mol. The lowest BCUT2D eigenvalue weighted by atomic mass is 10.2. The van der Waals surface area contributed by atoms with Crippen molar-refractivity contribution in [1.29, 1.82) is 0 Å². The van der Waals surface area contributed by atoms with Gasteiger partial charge in [0.15, 0.2) is 0 Å². The van der Waals surface area contributed by atoms with Crippen LogP contribution in [0.3, 0.4) is 0 Å². The lowest BCUT2D eigenvalue weighted by molar-refractivity contribution is 0.0942. The van der Waals surface area contributed by atoms with Crippen LogP contribution >= 0.6 is 11.6 Å². The molecule has 0 radical (unpaired) electrons. The molecule has 9 heteroatoms.